The van der Waals surface area contributed by atoms with E-state index in [2.05, 4.69) is 0 Å². The van der Waals surface area contributed by atoms with Crippen molar-refractivity contribution in [3.63, 3.8) is 0 Å². The van der Waals surface area contributed by atoms with Crippen LogP contribution in [-0.4, -0.2) is 16.8 Å². The third-order valence-corrected chi connectivity index (χ3v) is 3.61. The largest absolute Gasteiger partial charge is 0.344 e. The van der Waals surface area contributed by atoms with Gasteiger partial charge in [-0.25, -0.2) is 0 Å². The molecule has 3 unspecified atom stereocenters. The standard InChI is InChI=1S/C7H18NO3P/c1-4-6(3)11-12(9,10)7(8)5-2/h6-7H,4-5,8H2,1-3H3,(H,9,10). The van der Waals surface area contributed by atoms with Crippen molar-refractivity contribution in [2.24, 2.45) is 5.73 Å². The topological polar surface area (TPSA) is 72.5 Å². The minimum absolute atomic E-state index is 0.210. The Hall–Kier alpha value is 0.110. The van der Waals surface area contributed by atoms with Gasteiger partial charge in [-0.2, -0.15) is 0 Å². The van der Waals surface area contributed by atoms with E-state index in [0.29, 0.717) is 12.8 Å². The quantitative estimate of drug-likeness (QED) is 0.654. The van der Waals surface area contributed by atoms with Crippen molar-refractivity contribution < 1.29 is 14.0 Å². The number of rotatable bonds is 5. The van der Waals surface area contributed by atoms with Crippen LogP contribution in [-0.2, 0) is 9.09 Å². The molecule has 4 nitrogen and oxygen atoms in total. The second-order valence-corrected chi connectivity index (χ2v) is 4.87. The summed E-state index contributed by atoms with van der Waals surface area (Å²) in [5.74, 6) is -0.758. The lowest BCUT2D eigenvalue weighted by atomic mass is 10.3. The Kier molecular flexibility index (Phi) is 5.02. The second-order valence-electron chi connectivity index (χ2n) is 2.86. The normalized spacial score (nSPS) is 21.4. The number of nitrogens with two attached hydrogens (primary N) is 1. The molecule has 0 aromatic carbocycles. The molecule has 0 radical (unpaired) electrons. The van der Waals surface area contributed by atoms with Crippen molar-refractivity contribution >= 4 is 7.60 Å². The molecular formula is C7H18NO3P. The van der Waals surface area contributed by atoms with Crippen LogP contribution in [0.3, 0.4) is 0 Å². The Morgan fingerprint density at radius 2 is 2.00 bits per heavy atom. The molecule has 0 aromatic heterocycles. The first-order valence-corrected chi connectivity index (χ1v) is 5.85. The van der Waals surface area contributed by atoms with Crippen LogP contribution in [0, 0.1) is 0 Å². The molecule has 0 saturated carbocycles. The van der Waals surface area contributed by atoms with Crippen LogP contribution >= 0.6 is 7.60 Å². The number of hydrogen-bond donors (Lipinski definition) is 2. The van der Waals surface area contributed by atoms with E-state index < -0.39 is 13.4 Å². The van der Waals surface area contributed by atoms with E-state index in [9.17, 15) is 9.46 Å². The van der Waals surface area contributed by atoms with Crippen molar-refractivity contribution in [1.82, 2.24) is 0 Å². The Morgan fingerprint density at radius 1 is 1.50 bits per heavy atom. The molecule has 5 heteroatoms. The number of hydrogen-bond acceptors (Lipinski definition) is 3. The zero-order valence-electron chi connectivity index (χ0n) is 7.86. The molecule has 0 heterocycles. The second kappa shape index (κ2) is 4.97. The fourth-order valence-electron chi connectivity index (χ4n) is 0.641. The third kappa shape index (κ3) is 3.68. The van der Waals surface area contributed by atoms with Gasteiger partial charge in [0.25, 0.3) is 0 Å². The molecule has 3 atom stereocenters. The lowest BCUT2D eigenvalue weighted by Gasteiger charge is -2.20. The van der Waals surface area contributed by atoms with E-state index in [0.717, 1.165) is 0 Å². The molecule has 3 N–H and O–H groups in total. The van der Waals surface area contributed by atoms with Gasteiger partial charge in [0, 0.05) is 0 Å². The van der Waals surface area contributed by atoms with Gasteiger partial charge in [-0.15, -0.1) is 0 Å². The van der Waals surface area contributed by atoms with E-state index in [1.165, 1.54) is 0 Å². The summed E-state index contributed by atoms with van der Waals surface area (Å²) in [4.78, 5) is 9.29. The first kappa shape index (κ1) is 12.1. The molecule has 0 fully saturated rings. The molecule has 0 aliphatic rings. The van der Waals surface area contributed by atoms with Gasteiger partial charge in [-0.1, -0.05) is 13.8 Å². The van der Waals surface area contributed by atoms with E-state index in [1.54, 1.807) is 13.8 Å². The van der Waals surface area contributed by atoms with Crippen LogP contribution in [0.2, 0.25) is 0 Å². The molecule has 0 bridgehead atoms. The molecular weight excluding hydrogens is 177 g/mol. The van der Waals surface area contributed by atoms with Crippen molar-refractivity contribution in [2.75, 3.05) is 0 Å². The maximum atomic E-state index is 11.3. The summed E-state index contributed by atoms with van der Waals surface area (Å²) in [6.07, 6.45) is 0.948. The van der Waals surface area contributed by atoms with E-state index in [-0.39, 0.29) is 6.10 Å². The average molecular weight is 195 g/mol. The fraction of sp³-hybridized carbons (Fsp3) is 1.00. The zero-order valence-corrected chi connectivity index (χ0v) is 8.75. The lowest BCUT2D eigenvalue weighted by molar-refractivity contribution is 0.179. The van der Waals surface area contributed by atoms with Crippen LogP contribution in [0.4, 0.5) is 0 Å². The summed E-state index contributed by atoms with van der Waals surface area (Å²) < 4.78 is 16.2. The van der Waals surface area contributed by atoms with E-state index in [4.69, 9.17) is 10.3 Å². The van der Waals surface area contributed by atoms with Crippen LogP contribution in [0.5, 0.6) is 0 Å². The van der Waals surface area contributed by atoms with Gasteiger partial charge in [-0.05, 0) is 19.8 Å². The summed E-state index contributed by atoms with van der Waals surface area (Å²) in [5.41, 5.74) is 5.42. The molecule has 74 valence electrons. The Labute approximate surface area is 73.6 Å². The average Bonchev–Trinajstić information content (AvgIpc) is 2.02. The van der Waals surface area contributed by atoms with Crippen molar-refractivity contribution in [3.8, 4) is 0 Å². The highest BCUT2D eigenvalue weighted by Crippen LogP contribution is 2.47. The van der Waals surface area contributed by atoms with Crippen LogP contribution in [0.1, 0.15) is 33.6 Å². The van der Waals surface area contributed by atoms with Gasteiger partial charge in [0.05, 0.1) is 6.10 Å². The molecule has 0 aliphatic carbocycles. The van der Waals surface area contributed by atoms with Crippen LogP contribution in [0.15, 0.2) is 0 Å². The third-order valence-electron chi connectivity index (χ3n) is 1.74. The summed E-state index contributed by atoms with van der Waals surface area (Å²) in [6.45, 7) is 5.40. The van der Waals surface area contributed by atoms with Crippen molar-refractivity contribution in [3.05, 3.63) is 0 Å². The SMILES string of the molecule is CCC(C)OP(=O)(O)C(N)CC. The molecule has 0 aliphatic heterocycles. The predicted octanol–water partition coefficient (Wildman–Crippen LogP) is 1.68. The van der Waals surface area contributed by atoms with Gasteiger partial charge in [-0.3, -0.25) is 4.57 Å². The summed E-state index contributed by atoms with van der Waals surface area (Å²) in [6, 6.07) is 0. The highest BCUT2D eigenvalue weighted by Gasteiger charge is 2.29. The van der Waals surface area contributed by atoms with Crippen LogP contribution in [0.25, 0.3) is 0 Å². The minimum atomic E-state index is -3.58. The van der Waals surface area contributed by atoms with Gasteiger partial charge in [0.15, 0.2) is 0 Å². The summed E-state index contributed by atoms with van der Waals surface area (Å²) in [5, 5.41) is 0. The Bertz CT molecular complexity index is 174. The van der Waals surface area contributed by atoms with Gasteiger partial charge >= 0.3 is 7.60 Å². The molecule has 0 saturated heterocycles. The predicted molar refractivity (Wildman–Crippen MR) is 48.9 cm³/mol. The smallest absolute Gasteiger partial charge is 0.323 e. The maximum absolute atomic E-state index is 11.3. The molecule has 0 rings (SSSR count). The van der Waals surface area contributed by atoms with E-state index >= 15 is 0 Å². The Morgan fingerprint density at radius 3 is 2.33 bits per heavy atom. The molecule has 0 spiro atoms. The highest BCUT2D eigenvalue weighted by molar-refractivity contribution is 7.53. The summed E-state index contributed by atoms with van der Waals surface area (Å²) in [7, 11) is -3.58. The molecule has 12 heavy (non-hydrogen) atoms. The van der Waals surface area contributed by atoms with Gasteiger partial charge in [0.1, 0.15) is 5.78 Å². The Balaban J connectivity index is 4.12. The minimum Gasteiger partial charge on any atom is -0.323 e. The first-order chi connectivity index (χ1) is 5.44. The molecule has 0 aromatic rings. The molecule has 0 amide bonds. The zero-order chi connectivity index (χ0) is 9.78. The lowest BCUT2D eigenvalue weighted by Crippen LogP contribution is -2.22. The van der Waals surface area contributed by atoms with Gasteiger partial charge in [0.2, 0.25) is 0 Å². The maximum Gasteiger partial charge on any atom is 0.344 e. The van der Waals surface area contributed by atoms with Crippen molar-refractivity contribution in [2.45, 2.75) is 45.5 Å². The monoisotopic (exact) mass is 195 g/mol. The fourth-order valence-corrected chi connectivity index (χ4v) is 1.92. The first-order valence-electron chi connectivity index (χ1n) is 4.20. The highest BCUT2D eigenvalue weighted by atomic mass is 31.2. The summed E-state index contributed by atoms with van der Waals surface area (Å²) >= 11 is 0. The van der Waals surface area contributed by atoms with Gasteiger partial charge < -0.3 is 15.2 Å². The van der Waals surface area contributed by atoms with Crippen molar-refractivity contribution in [1.29, 1.82) is 0 Å². The van der Waals surface area contributed by atoms with E-state index in [1.807, 2.05) is 6.92 Å². The van der Waals surface area contributed by atoms with Crippen LogP contribution < -0.4 is 5.73 Å².